The van der Waals surface area contributed by atoms with E-state index in [2.05, 4.69) is 82.8 Å². The summed E-state index contributed by atoms with van der Waals surface area (Å²) in [6.07, 6.45) is 0. The number of likely N-dealkylation sites (tertiary alicyclic amines) is 1. The number of hydrogen-bond donors (Lipinski definition) is 1. The first-order chi connectivity index (χ1) is 13.6. The van der Waals surface area contributed by atoms with Crippen LogP contribution in [0.25, 0.3) is 0 Å². The molecule has 0 saturated carbocycles. The van der Waals surface area contributed by atoms with Gasteiger partial charge in [-0.3, -0.25) is 9.69 Å². The van der Waals surface area contributed by atoms with Crippen molar-refractivity contribution in [3.05, 3.63) is 76.8 Å². The highest BCUT2D eigenvalue weighted by atomic mass is 32.1. The summed E-state index contributed by atoms with van der Waals surface area (Å²) in [5.74, 6) is 0.323. The summed E-state index contributed by atoms with van der Waals surface area (Å²) in [4.78, 5) is 15.0. The number of rotatable bonds is 6. The molecule has 0 aliphatic carbocycles. The molecule has 0 radical (unpaired) electrons. The quantitative estimate of drug-likeness (QED) is 0.679. The number of amides is 1. The molecule has 2 aromatic carbocycles. The smallest absolute Gasteiger partial charge is 0.231 e. The highest BCUT2D eigenvalue weighted by molar-refractivity contribution is 7.15. The van der Waals surface area contributed by atoms with Crippen LogP contribution in [-0.2, 0) is 4.79 Å². The topological polar surface area (TPSA) is 58.1 Å². The molecule has 3 aromatic rings. The van der Waals surface area contributed by atoms with E-state index in [1.807, 2.05) is 12.1 Å². The molecule has 2 heterocycles. The summed E-state index contributed by atoms with van der Waals surface area (Å²) >= 11 is 1.45. The van der Waals surface area contributed by atoms with Gasteiger partial charge in [-0.15, -0.1) is 10.2 Å². The fourth-order valence-corrected chi connectivity index (χ4v) is 4.25. The molecule has 1 amide bonds. The minimum Gasteiger partial charge on any atom is -0.300 e. The van der Waals surface area contributed by atoms with Gasteiger partial charge in [0.15, 0.2) is 0 Å². The highest BCUT2D eigenvalue weighted by Gasteiger charge is 2.38. The summed E-state index contributed by atoms with van der Waals surface area (Å²) in [6, 6.07) is 21.1. The molecule has 0 spiro atoms. The monoisotopic (exact) mass is 392 g/mol. The van der Waals surface area contributed by atoms with E-state index in [1.54, 1.807) is 0 Å². The zero-order valence-corrected chi connectivity index (χ0v) is 16.9. The van der Waals surface area contributed by atoms with Crippen LogP contribution in [0, 0.1) is 5.92 Å². The lowest BCUT2D eigenvalue weighted by Gasteiger charge is -2.43. The van der Waals surface area contributed by atoms with Crippen LogP contribution in [0.5, 0.6) is 0 Å². The van der Waals surface area contributed by atoms with Crippen LogP contribution in [0.3, 0.4) is 0 Å². The number of aromatic nitrogens is 2. The number of nitrogens with zero attached hydrogens (tertiary/aromatic N) is 3. The van der Waals surface area contributed by atoms with Gasteiger partial charge in [-0.25, -0.2) is 0 Å². The van der Waals surface area contributed by atoms with E-state index in [1.165, 1.54) is 22.5 Å². The standard InChI is InChI=1S/C22H24N4OS/c1-15(2)21-24-25-22(28-21)23-20(27)18-13-26(14-18)19(16-9-5-3-6-10-16)17-11-7-4-8-12-17/h3-12,15,18-19H,13-14H2,1-2H3,(H,23,25,27). The lowest BCUT2D eigenvalue weighted by Crippen LogP contribution is -2.53. The SMILES string of the molecule is CC(C)c1nnc(NC(=O)C2CN(C(c3ccccc3)c3ccccc3)C2)s1. The van der Waals surface area contributed by atoms with Crippen LogP contribution in [0.2, 0.25) is 0 Å². The summed E-state index contributed by atoms with van der Waals surface area (Å²) in [5.41, 5.74) is 2.50. The van der Waals surface area contributed by atoms with Crippen molar-refractivity contribution in [3.63, 3.8) is 0 Å². The normalized spacial score (nSPS) is 15.0. The molecule has 28 heavy (non-hydrogen) atoms. The molecule has 1 saturated heterocycles. The highest BCUT2D eigenvalue weighted by Crippen LogP contribution is 2.34. The third kappa shape index (κ3) is 3.98. The average molecular weight is 393 g/mol. The molecular formula is C22H24N4OS. The molecule has 4 rings (SSSR count). The molecule has 1 fully saturated rings. The lowest BCUT2D eigenvalue weighted by atomic mass is 9.90. The summed E-state index contributed by atoms with van der Waals surface area (Å²) in [7, 11) is 0. The van der Waals surface area contributed by atoms with Crippen molar-refractivity contribution >= 4 is 22.4 Å². The Hall–Kier alpha value is -2.57. The number of hydrogen-bond acceptors (Lipinski definition) is 5. The van der Waals surface area contributed by atoms with Crippen molar-refractivity contribution in [2.45, 2.75) is 25.8 Å². The van der Waals surface area contributed by atoms with Crippen LogP contribution in [0.15, 0.2) is 60.7 Å². The predicted octanol–water partition coefficient (Wildman–Crippen LogP) is 4.32. The van der Waals surface area contributed by atoms with E-state index in [-0.39, 0.29) is 17.9 Å². The van der Waals surface area contributed by atoms with Gasteiger partial charge in [0, 0.05) is 19.0 Å². The fraction of sp³-hybridized carbons (Fsp3) is 0.318. The molecular weight excluding hydrogens is 368 g/mol. The Morgan fingerprint density at radius 1 is 1.00 bits per heavy atom. The largest absolute Gasteiger partial charge is 0.300 e. The number of carbonyl (C=O) groups excluding carboxylic acids is 1. The van der Waals surface area contributed by atoms with Crippen molar-refractivity contribution < 1.29 is 4.79 Å². The van der Waals surface area contributed by atoms with Crippen LogP contribution in [0.1, 0.15) is 41.9 Å². The van der Waals surface area contributed by atoms with Gasteiger partial charge in [0.05, 0.1) is 12.0 Å². The van der Waals surface area contributed by atoms with Crippen LogP contribution < -0.4 is 5.32 Å². The molecule has 144 valence electrons. The van der Waals surface area contributed by atoms with Gasteiger partial charge in [-0.2, -0.15) is 0 Å². The maximum Gasteiger partial charge on any atom is 0.231 e. The van der Waals surface area contributed by atoms with Gasteiger partial charge in [0.1, 0.15) is 5.01 Å². The number of carbonyl (C=O) groups is 1. The van der Waals surface area contributed by atoms with Gasteiger partial charge in [0.25, 0.3) is 0 Å². The molecule has 1 aliphatic heterocycles. The second-order valence-electron chi connectivity index (χ2n) is 7.46. The Morgan fingerprint density at radius 3 is 2.07 bits per heavy atom. The molecule has 1 aliphatic rings. The van der Waals surface area contributed by atoms with Crippen molar-refractivity contribution in [2.24, 2.45) is 5.92 Å². The van der Waals surface area contributed by atoms with Gasteiger partial charge in [0.2, 0.25) is 11.0 Å². The second-order valence-corrected chi connectivity index (χ2v) is 8.47. The Labute approximate surface area is 169 Å². The molecule has 5 nitrogen and oxygen atoms in total. The van der Waals surface area contributed by atoms with E-state index in [9.17, 15) is 4.79 Å². The van der Waals surface area contributed by atoms with E-state index in [0.717, 1.165) is 18.1 Å². The maximum absolute atomic E-state index is 12.6. The lowest BCUT2D eigenvalue weighted by molar-refractivity contribution is -0.125. The second kappa shape index (κ2) is 8.20. The van der Waals surface area contributed by atoms with Gasteiger partial charge >= 0.3 is 0 Å². The molecule has 1 aromatic heterocycles. The average Bonchev–Trinajstić information content (AvgIpc) is 3.14. The summed E-state index contributed by atoms with van der Waals surface area (Å²) in [5, 5.41) is 12.7. The molecule has 1 N–H and O–H groups in total. The predicted molar refractivity (Wildman–Crippen MR) is 112 cm³/mol. The van der Waals surface area contributed by atoms with Crippen molar-refractivity contribution in [1.29, 1.82) is 0 Å². The van der Waals surface area contributed by atoms with Gasteiger partial charge in [-0.05, 0) is 11.1 Å². The summed E-state index contributed by atoms with van der Waals surface area (Å²) in [6.45, 7) is 5.61. The van der Waals surface area contributed by atoms with E-state index < -0.39 is 0 Å². The Balaban J connectivity index is 1.43. The number of nitrogens with one attached hydrogen (secondary N) is 1. The Morgan fingerprint density at radius 2 is 1.57 bits per heavy atom. The molecule has 0 bridgehead atoms. The first kappa shape index (κ1) is 18.8. The van der Waals surface area contributed by atoms with Gasteiger partial charge < -0.3 is 5.32 Å². The minimum atomic E-state index is -0.0266. The van der Waals surface area contributed by atoms with E-state index in [4.69, 9.17) is 0 Å². The van der Waals surface area contributed by atoms with Crippen LogP contribution in [0.4, 0.5) is 5.13 Å². The van der Waals surface area contributed by atoms with E-state index in [0.29, 0.717) is 11.0 Å². The van der Waals surface area contributed by atoms with E-state index >= 15 is 0 Å². The summed E-state index contributed by atoms with van der Waals surface area (Å²) < 4.78 is 0. The Bertz CT molecular complexity index is 880. The molecule has 6 heteroatoms. The number of anilines is 1. The molecule has 0 unspecified atom stereocenters. The molecule has 0 atom stereocenters. The fourth-order valence-electron chi connectivity index (χ4n) is 3.50. The minimum absolute atomic E-state index is 0.0266. The van der Waals surface area contributed by atoms with Crippen LogP contribution in [-0.4, -0.2) is 34.1 Å². The van der Waals surface area contributed by atoms with Gasteiger partial charge in [-0.1, -0.05) is 85.8 Å². The zero-order chi connectivity index (χ0) is 19.5. The number of benzene rings is 2. The van der Waals surface area contributed by atoms with Crippen molar-refractivity contribution in [2.75, 3.05) is 18.4 Å². The van der Waals surface area contributed by atoms with Crippen molar-refractivity contribution in [1.82, 2.24) is 15.1 Å². The first-order valence-corrected chi connectivity index (χ1v) is 10.4. The zero-order valence-electron chi connectivity index (χ0n) is 16.1. The first-order valence-electron chi connectivity index (χ1n) is 9.60. The van der Waals surface area contributed by atoms with Crippen LogP contribution >= 0.6 is 11.3 Å². The Kier molecular flexibility index (Phi) is 5.50. The third-order valence-corrected chi connectivity index (χ3v) is 6.18. The van der Waals surface area contributed by atoms with Crippen molar-refractivity contribution in [3.8, 4) is 0 Å². The maximum atomic E-state index is 12.6. The third-order valence-electron chi connectivity index (χ3n) is 5.04.